The number of benzene rings is 2. The van der Waals surface area contributed by atoms with Crippen molar-refractivity contribution in [2.75, 3.05) is 20.3 Å². The second-order valence-corrected chi connectivity index (χ2v) is 7.00. The van der Waals surface area contributed by atoms with Crippen LogP contribution >= 0.6 is 0 Å². The van der Waals surface area contributed by atoms with Crippen LogP contribution in [0.3, 0.4) is 0 Å². The van der Waals surface area contributed by atoms with Gasteiger partial charge in [0.1, 0.15) is 5.69 Å². The predicted octanol–water partition coefficient (Wildman–Crippen LogP) is 3.83. The molecule has 1 N–H and O–H groups in total. The van der Waals surface area contributed by atoms with Crippen molar-refractivity contribution in [1.29, 1.82) is 0 Å². The van der Waals surface area contributed by atoms with Gasteiger partial charge in [0.25, 0.3) is 11.6 Å². The van der Waals surface area contributed by atoms with Crippen molar-refractivity contribution in [3.63, 3.8) is 0 Å². The molecule has 0 atom stereocenters. The number of methoxy groups -OCH3 is 1. The van der Waals surface area contributed by atoms with Gasteiger partial charge in [-0.05, 0) is 55.7 Å². The molecule has 3 aromatic rings. The number of nitro groups is 1. The lowest BCUT2D eigenvalue weighted by Crippen LogP contribution is -2.27. The van der Waals surface area contributed by atoms with E-state index in [1.54, 1.807) is 25.3 Å². The normalized spacial score (nSPS) is 10.8. The van der Waals surface area contributed by atoms with Crippen molar-refractivity contribution >= 4 is 11.6 Å². The lowest BCUT2D eigenvalue weighted by molar-refractivity contribution is -0.384. The molecule has 8 nitrogen and oxygen atoms in total. The van der Waals surface area contributed by atoms with E-state index in [4.69, 9.17) is 4.74 Å². The number of carbonyl (C=O) groups excluding carboxylic acids is 1. The number of amides is 1. The summed E-state index contributed by atoms with van der Waals surface area (Å²) >= 11 is 0. The fourth-order valence-electron chi connectivity index (χ4n) is 3.01. The van der Waals surface area contributed by atoms with Crippen LogP contribution in [0.25, 0.3) is 16.9 Å². The van der Waals surface area contributed by atoms with Crippen LogP contribution in [0, 0.1) is 24.0 Å². The van der Waals surface area contributed by atoms with E-state index in [1.165, 1.54) is 22.4 Å². The van der Waals surface area contributed by atoms with E-state index in [2.05, 4.69) is 10.4 Å². The molecule has 8 heteroatoms. The molecular formula is C22H24N4O4. The van der Waals surface area contributed by atoms with Crippen molar-refractivity contribution in [1.82, 2.24) is 15.1 Å². The molecule has 0 aliphatic rings. The summed E-state index contributed by atoms with van der Waals surface area (Å²) in [6, 6.07) is 13.7. The molecule has 0 bridgehead atoms. The van der Waals surface area contributed by atoms with Gasteiger partial charge >= 0.3 is 0 Å². The molecule has 0 aliphatic heterocycles. The molecule has 2 aromatic carbocycles. The number of non-ortho nitro benzene ring substituents is 1. The zero-order chi connectivity index (χ0) is 21.7. The smallest absolute Gasteiger partial charge is 0.270 e. The molecule has 0 unspecified atom stereocenters. The Kier molecular flexibility index (Phi) is 6.58. The number of aromatic nitrogens is 2. The Morgan fingerprint density at radius 2 is 1.87 bits per heavy atom. The molecule has 1 heterocycles. The maximum atomic E-state index is 12.8. The molecule has 3 rings (SSSR count). The Hall–Kier alpha value is -3.52. The van der Waals surface area contributed by atoms with Gasteiger partial charge in [0.15, 0.2) is 0 Å². The molecule has 0 radical (unpaired) electrons. The number of nitro benzene ring substituents is 1. The van der Waals surface area contributed by atoms with Crippen LogP contribution in [-0.2, 0) is 4.74 Å². The van der Waals surface area contributed by atoms with Crippen LogP contribution in [0.1, 0.15) is 28.0 Å². The van der Waals surface area contributed by atoms with Gasteiger partial charge in [-0.2, -0.15) is 5.10 Å². The van der Waals surface area contributed by atoms with Gasteiger partial charge in [-0.25, -0.2) is 4.68 Å². The first kappa shape index (κ1) is 21.2. The molecule has 0 saturated carbocycles. The van der Waals surface area contributed by atoms with Crippen LogP contribution in [0.4, 0.5) is 5.69 Å². The molecule has 1 aromatic heterocycles. The second kappa shape index (κ2) is 9.32. The Morgan fingerprint density at radius 3 is 2.50 bits per heavy atom. The number of carbonyl (C=O) groups is 1. The second-order valence-electron chi connectivity index (χ2n) is 7.00. The van der Waals surface area contributed by atoms with Crippen LogP contribution in [-0.4, -0.2) is 40.9 Å². The molecule has 0 spiro atoms. The SMILES string of the molecule is COCCCNC(=O)c1cc(-c2ccc(C)c(C)c2)nn1-c1ccc([N+](=O)[O-])cc1. The van der Waals surface area contributed by atoms with E-state index in [1.807, 2.05) is 32.0 Å². The van der Waals surface area contributed by atoms with E-state index in [0.29, 0.717) is 36.6 Å². The van der Waals surface area contributed by atoms with Gasteiger partial charge in [0.2, 0.25) is 0 Å². The monoisotopic (exact) mass is 408 g/mol. The van der Waals surface area contributed by atoms with Gasteiger partial charge in [-0.1, -0.05) is 12.1 Å². The number of aryl methyl sites for hydroxylation is 2. The lowest BCUT2D eigenvalue weighted by Gasteiger charge is -2.08. The summed E-state index contributed by atoms with van der Waals surface area (Å²) in [6.45, 7) is 5.08. The molecule has 30 heavy (non-hydrogen) atoms. The molecule has 0 fully saturated rings. The third-order valence-electron chi connectivity index (χ3n) is 4.86. The molecule has 0 aliphatic carbocycles. The van der Waals surface area contributed by atoms with E-state index < -0.39 is 4.92 Å². The maximum Gasteiger partial charge on any atom is 0.270 e. The van der Waals surface area contributed by atoms with Crippen LogP contribution in [0.5, 0.6) is 0 Å². The van der Waals surface area contributed by atoms with E-state index in [-0.39, 0.29) is 11.6 Å². The van der Waals surface area contributed by atoms with Crippen molar-refractivity contribution in [2.45, 2.75) is 20.3 Å². The summed E-state index contributed by atoms with van der Waals surface area (Å²) in [5.74, 6) is -0.271. The molecule has 1 amide bonds. The summed E-state index contributed by atoms with van der Waals surface area (Å²) in [6.07, 6.45) is 0.692. The summed E-state index contributed by atoms with van der Waals surface area (Å²) in [5.41, 5.74) is 4.75. The van der Waals surface area contributed by atoms with Crippen molar-refractivity contribution in [3.8, 4) is 16.9 Å². The Balaban J connectivity index is 1.99. The number of hydrogen-bond acceptors (Lipinski definition) is 5. The van der Waals surface area contributed by atoms with Crippen LogP contribution in [0.2, 0.25) is 0 Å². The third kappa shape index (κ3) is 4.72. The Morgan fingerprint density at radius 1 is 1.13 bits per heavy atom. The number of nitrogens with one attached hydrogen (secondary N) is 1. The first-order chi connectivity index (χ1) is 14.4. The largest absolute Gasteiger partial charge is 0.385 e. The van der Waals surface area contributed by atoms with Crippen LogP contribution in [0.15, 0.2) is 48.5 Å². The molecule has 0 saturated heterocycles. The predicted molar refractivity (Wildman–Crippen MR) is 114 cm³/mol. The van der Waals surface area contributed by atoms with Gasteiger partial charge in [0.05, 0.1) is 16.3 Å². The first-order valence-electron chi connectivity index (χ1n) is 9.60. The Bertz CT molecular complexity index is 1060. The zero-order valence-electron chi connectivity index (χ0n) is 17.2. The first-order valence-corrected chi connectivity index (χ1v) is 9.60. The van der Waals surface area contributed by atoms with Gasteiger partial charge < -0.3 is 10.1 Å². The minimum Gasteiger partial charge on any atom is -0.385 e. The highest BCUT2D eigenvalue weighted by molar-refractivity contribution is 5.94. The zero-order valence-corrected chi connectivity index (χ0v) is 17.2. The summed E-state index contributed by atoms with van der Waals surface area (Å²) in [4.78, 5) is 23.3. The highest BCUT2D eigenvalue weighted by Crippen LogP contribution is 2.25. The fraction of sp³-hybridized carbons (Fsp3) is 0.273. The number of rotatable bonds is 8. The molecular weight excluding hydrogens is 384 g/mol. The van der Waals surface area contributed by atoms with Gasteiger partial charge in [-0.15, -0.1) is 0 Å². The topological polar surface area (TPSA) is 99.3 Å². The van der Waals surface area contributed by atoms with Crippen molar-refractivity contribution < 1.29 is 14.5 Å². The average molecular weight is 408 g/mol. The highest BCUT2D eigenvalue weighted by Gasteiger charge is 2.18. The van der Waals surface area contributed by atoms with E-state index >= 15 is 0 Å². The van der Waals surface area contributed by atoms with E-state index in [0.717, 1.165) is 11.1 Å². The minimum absolute atomic E-state index is 0.0224. The maximum absolute atomic E-state index is 12.8. The van der Waals surface area contributed by atoms with Crippen molar-refractivity contribution in [3.05, 3.63) is 75.5 Å². The fourth-order valence-corrected chi connectivity index (χ4v) is 3.01. The molecule has 156 valence electrons. The summed E-state index contributed by atoms with van der Waals surface area (Å²) in [7, 11) is 1.61. The lowest BCUT2D eigenvalue weighted by atomic mass is 10.0. The summed E-state index contributed by atoms with van der Waals surface area (Å²) < 4.78 is 6.53. The van der Waals surface area contributed by atoms with Crippen LogP contribution < -0.4 is 5.32 Å². The van der Waals surface area contributed by atoms with E-state index in [9.17, 15) is 14.9 Å². The van der Waals surface area contributed by atoms with Crippen molar-refractivity contribution in [2.24, 2.45) is 0 Å². The standard InChI is InChI=1S/C22H24N4O4/c1-15-5-6-17(13-16(15)2)20-14-21(22(27)23-11-4-12-30-3)25(24-20)18-7-9-19(10-8-18)26(28)29/h5-10,13-14H,4,11-12H2,1-3H3,(H,23,27). The minimum atomic E-state index is -0.462. The third-order valence-corrected chi connectivity index (χ3v) is 4.86. The summed E-state index contributed by atoms with van der Waals surface area (Å²) in [5, 5.41) is 18.4. The average Bonchev–Trinajstić information content (AvgIpc) is 3.18. The Labute approximate surface area is 174 Å². The van der Waals surface area contributed by atoms with Gasteiger partial charge in [0, 0.05) is 38.0 Å². The number of nitrogens with zero attached hydrogens (tertiary/aromatic N) is 3. The highest BCUT2D eigenvalue weighted by atomic mass is 16.6. The quantitative estimate of drug-likeness (QED) is 0.347. The van der Waals surface area contributed by atoms with Gasteiger partial charge in [-0.3, -0.25) is 14.9 Å². The number of hydrogen-bond donors (Lipinski definition) is 1. The number of ether oxygens (including phenoxy) is 1.